The summed E-state index contributed by atoms with van der Waals surface area (Å²) in [7, 11) is 0. The van der Waals surface area contributed by atoms with Gasteiger partial charge < -0.3 is 9.73 Å². The van der Waals surface area contributed by atoms with E-state index in [9.17, 15) is 13.6 Å². The Hall–Kier alpha value is -3.03. The molecule has 2 aromatic heterocycles. The zero-order valence-electron chi connectivity index (χ0n) is 11.1. The minimum absolute atomic E-state index is 0.0270. The molecule has 3 rings (SSSR count). The van der Waals surface area contributed by atoms with Crippen LogP contribution in [-0.4, -0.2) is 15.2 Å². The van der Waals surface area contributed by atoms with Gasteiger partial charge in [0.05, 0.1) is 12.7 Å². The minimum atomic E-state index is -1.00. The quantitative estimate of drug-likeness (QED) is 0.773. The van der Waals surface area contributed by atoms with Gasteiger partial charge in [-0.05, 0) is 24.3 Å². The van der Waals surface area contributed by atoms with E-state index >= 15 is 0 Å². The summed E-state index contributed by atoms with van der Waals surface area (Å²) in [5.74, 6) is -1.35. The maximum Gasteiger partial charge on any atom is 0.274 e. The Morgan fingerprint density at radius 1 is 1.18 bits per heavy atom. The molecule has 0 amide bonds. The molecule has 0 fully saturated rings. The number of aromatic amines is 1. The van der Waals surface area contributed by atoms with E-state index in [0.29, 0.717) is 5.76 Å². The number of anilines is 2. The third kappa shape index (κ3) is 3.00. The average Bonchev–Trinajstić information content (AvgIpc) is 2.99. The molecule has 8 heteroatoms. The molecule has 0 aliphatic carbocycles. The van der Waals surface area contributed by atoms with Crippen molar-refractivity contribution in [2.45, 2.75) is 6.42 Å². The molecular formula is C14H10F2N4O2. The standard InChI is InChI=1S/C14H10F2N4O2/c15-10-4-3-8(6-11(10)16)17-14-18-13(21)12(19-20-14)7-9-2-1-5-22-9/h1-6H,7H2,(H2,17,18,20,21). The molecule has 0 saturated heterocycles. The van der Waals surface area contributed by atoms with Crippen LogP contribution in [0, 0.1) is 11.6 Å². The second kappa shape index (κ2) is 5.76. The van der Waals surface area contributed by atoms with Gasteiger partial charge in [0.1, 0.15) is 11.5 Å². The van der Waals surface area contributed by atoms with Crippen LogP contribution in [0.25, 0.3) is 0 Å². The summed E-state index contributed by atoms with van der Waals surface area (Å²) in [6.07, 6.45) is 1.71. The summed E-state index contributed by atoms with van der Waals surface area (Å²) in [6.45, 7) is 0. The van der Waals surface area contributed by atoms with Crippen molar-refractivity contribution in [1.82, 2.24) is 15.2 Å². The van der Waals surface area contributed by atoms with Gasteiger partial charge in [-0.25, -0.2) is 8.78 Å². The van der Waals surface area contributed by atoms with Gasteiger partial charge in [-0.3, -0.25) is 9.78 Å². The highest BCUT2D eigenvalue weighted by Gasteiger charge is 2.09. The first kappa shape index (κ1) is 13.9. The third-order valence-corrected chi connectivity index (χ3v) is 2.87. The number of H-pyrrole nitrogens is 1. The Bertz CT molecular complexity index is 846. The van der Waals surface area contributed by atoms with E-state index in [2.05, 4.69) is 20.5 Å². The zero-order valence-corrected chi connectivity index (χ0v) is 11.1. The van der Waals surface area contributed by atoms with Crippen LogP contribution >= 0.6 is 0 Å². The lowest BCUT2D eigenvalue weighted by Gasteiger charge is -2.05. The van der Waals surface area contributed by atoms with Crippen LogP contribution in [0.15, 0.2) is 45.8 Å². The summed E-state index contributed by atoms with van der Waals surface area (Å²) in [5, 5.41) is 10.2. The second-order valence-corrected chi connectivity index (χ2v) is 4.46. The molecule has 0 spiro atoms. The number of aromatic nitrogens is 3. The van der Waals surface area contributed by atoms with Crippen molar-refractivity contribution >= 4 is 11.6 Å². The van der Waals surface area contributed by atoms with Gasteiger partial charge in [0, 0.05) is 11.8 Å². The molecule has 0 aliphatic rings. The Balaban J connectivity index is 1.79. The minimum Gasteiger partial charge on any atom is -0.469 e. The van der Waals surface area contributed by atoms with E-state index in [1.54, 1.807) is 12.1 Å². The van der Waals surface area contributed by atoms with E-state index in [-0.39, 0.29) is 23.8 Å². The zero-order chi connectivity index (χ0) is 15.5. The number of hydrogen-bond acceptors (Lipinski definition) is 5. The molecule has 1 aromatic carbocycles. The first-order chi connectivity index (χ1) is 10.6. The van der Waals surface area contributed by atoms with Crippen molar-refractivity contribution in [3.05, 3.63) is 70.0 Å². The molecule has 0 atom stereocenters. The van der Waals surface area contributed by atoms with Crippen LogP contribution in [0.4, 0.5) is 20.4 Å². The number of rotatable bonds is 4. The molecule has 0 aliphatic heterocycles. The monoisotopic (exact) mass is 304 g/mol. The van der Waals surface area contributed by atoms with E-state index < -0.39 is 17.2 Å². The molecule has 3 aromatic rings. The number of nitrogens with zero attached hydrogens (tertiary/aromatic N) is 2. The van der Waals surface area contributed by atoms with Gasteiger partial charge in [0.2, 0.25) is 5.95 Å². The number of halogens is 2. The molecular weight excluding hydrogens is 294 g/mol. The van der Waals surface area contributed by atoms with Crippen molar-refractivity contribution < 1.29 is 13.2 Å². The summed E-state index contributed by atoms with van der Waals surface area (Å²) in [6, 6.07) is 6.65. The molecule has 0 radical (unpaired) electrons. The summed E-state index contributed by atoms with van der Waals surface area (Å²) in [5.41, 5.74) is -0.0232. The summed E-state index contributed by atoms with van der Waals surface area (Å²) < 4.78 is 31.1. The average molecular weight is 304 g/mol. The summed E-state index contributed by atoms with van der Waals surface area (Å²) in [4.78, 5) is 14.4. The van der Waals surface area contributed by atoms with Crippen LogP contribution in [0.1, 0.15) is 11.5 Å². The van der Waals surface area contributed by atoms with Crippen molar-refractivity contribution in [2.24, 2.45) is 0 Å². The van der Waals surface area contributed by atoms with E-state index in [1.165, 1.54) is 12.3 Å². The fourth-order valence-corrected chi connectivity index (χ4v) is 1.82. The normalized spacial score (nSPS) is 10.6. The number of benzene rings is 1. The molecule has 2 N–H and O–H groups in total. The van der Waals surface area contributed by atoms with Crippen LogP contribution in [-0.2, 0) is 6.42 Å². The van der Waals surface area contributed by atoms with Gasteiger partial charge in [0.15, 0.2) is 11.6 Å². The van der Waals surface area contributed by atoms with Crippen molar-refractivity contribution in [1.29, 1.82) is 0 Å². The van der Waals surface area contributed by atoms with Crippen molar-refractivity contribution in [2.75, 3.05) is 5.32 Å². The van der Waals surface area contributed by atoms with Gasteiger partial charge in [-0.1, -0.05) is 0 Å². The highest BCUT2D eigenvalue weighted by molar-refractivity contribution is 5.52. The maximum absolute atomic E-state index is 13.1. The maximum atomic E-state index is 13.1. The predicted octanol–water partition coefficient (Wildman–Crippen LogP) is 2.37. The lowest BCUT2D eigenvalue weighted by atomic mass is 10.2. The Kier molecular flexibility index (Phi) is 3.65. The van der Waals surface area contributed by atoms with Gasteiger partial charge in [0.25, 0.3) is 5.56 Å². The number of nitrogens with one attached hydrogen (secondary N) is 2. The molecule has 112 valence electrons. The fraction of sp³-hybridized carbons (Fsp3) is 0.0714. The molecule has 0 bridgehead atoms. The van der Waals surface area contributed by atoms with E-state index in [0.717, 1.165) is 12.1 Å². The van der Waals surface area contributed by atoms with Crippen molar-refractivity contribution in [3.63, 3.8) is 0 Å². The lowest BCUT2D eigenvalue weighted by molar-refractivity contribution is 0.509. The predicted molar refractivity (Wildman–Crippen MR) is 73.8 cm³/mol. The third-order valence-electron chi connectivity index (χ3n) is 2.87. The topological polar surface area (TPSA) is 83.8 Å². The number of furan rings is 1. The van der Waals surface area contributed by atoms with E-state index in [1.807, 2.05) is 0 Å². The Labute approximate surface area is 122 Å². The number of hydrogen-bond donors (Lipinski definition) is 2. The van der Waals surface area contributed by atoms with Crippen LogP contribution in [0.5, 0.6) is 0 Å². The van der Waals surface area contributed by atoms with Crippen LogP contribution in [0.3, 0.4) is 0 Å². The Morgan fingerprint density at radius 3 is 2.73 bits per heavy atom. The highest BCUT2D eigenvalue weighted by atomic mass is 19.2. The second-order valence-electron chi connectivity index (χ2n) is 4.46. The SMILES string of the molecule is O=c1[nH]c(Nc2ccc(F)c(F)c2)nnc1Cc1ccco1. The highest BCUT2D eigenvalue weighted by Crippen LogP contribution is 2.15. The lowest BCUT2D eigenvalue weighted by Crippen LogP contribution is -2.18. The van der Waals surface area contributed by atoms with Crippen molar-refractivity contribution in [3.8, 4) is 0 Å². The Morgan fingerprint density at radius 2 is 2.05 bits per heavy atom. The van der Waals surface area contributed by atoms with Crippen LogP contribution < -0.4 is 10.9 Å². The largest absolute Gasteiger partial charge is 0.469 e. The van der Waals surface area contributed by atoms with E-state index in [4.69, 9.17) is 4.42 Å². The molecule has 2 heterocycles. The van der Waals surface area contributed by atoms with Gasteiger partial charge in [-0.2, -0.15) is 0 Å². The van der Waals surface area contributed by atoms with Gasteiger partial charge >= 0.3 is 0 Å². The molecule has 0 saturated carbocycles. The fourth-order valence-electron chi connectivity index (χ4n) is 1.82. The molecule has 6 nitrogen and oxygen atoms in total. The molecule has 22 heavy (non-hydrogen) atoms. The molecule has 0 unspecified atom stereocenters. The van der Waals surface area contributed by atoms with Gasteiger partial charge in [-0.15, -0.1) is 10.2 Å². The first-order valence-corrected chi connectivity index (χ1v) is 6.32. The smallest absolute Gasteiger partial charge is 0.274 e. The summed E-state index contributed by atoms with van der Waals surface area (Å²) >= 11 is 0. The first-order valence-electron chi connectivity index (χ1n) is 6.32. The van der Waals surface area contributed by atoms with Crippen LogP contribution in [0.2, 0.25) is 0 Å².